The molecule has 2 saturated heterocycles. The van der Waals surface area contributed by atoms with Gasteiger partial charge in [-0.25, -0.2) is 0 Å². The summed E-state index contributed by atoms with van der Waals surface area (Å²) < 4.78 is 5.74. The molecule has 0 saturated carbocycles. The molecule has 5 heteroatoms. The van der Waals surface area contributed by atoms with E-state index in [0.717, 1.165) is 19.3 Å². The van der Waals surface area contributed by atoms with Crippen LogP contribution in [0.2, 0.25) is 0 Å². The lowest BCUT2D eigenvalue weighted by molar-refractivity contribution is -0.147. The highest BCUT2D eigenvalue weighted by molar-refractivity contribution is 5.95. The largest absolute Gasteiger partial charge is 0.373 e. The molecule has 0 spiro atoms. The average Bonchev–Trinajstić information content (AvgIpc) is 2.78. The smallest absolute Gasteiger partial charge is 0.245 e. The molecule has 4 unspecified atom stereocenters. The fourth-order valence-corrected chi connectivity index (χ4v) is 2.77. The fraction of sp³-hybridized carbons (Fsp3) is 0.857. The van der Waals surface area contributed by atoms with E-state index in [1.165, 1.54) is 0 Å². The van der Waals surface area contributed by atoms with Gasteiger partial charge in [0.15, 0.2) is 0 Å². The van der Waals surface area contributed by atoms with Crippen molar-refractivity contribution >= 4 is 11.8 Å². The molecule has 108 valence electrons. The molecular formula is C14H24N2O3. The molecule has 0 aromatic heterocycles. The van der Waals surface area contributed by atoms with Gasteiger partial charge in [0, 0.05) is 6.54 Å². The van der Waals surface area contributed by atoms with E-state index in [0.29, 0.717) is 6.54 Å². The van der Waals surface area contributed by atoms with Gasteiger partial charge in [-0.1, -0.05) is 20.3 Å². The molecule has 2 amide bonds. The standard InChI is InChI=1S/C14H24N2O3/c1-4-9(2)13-14(18)16(8-12(17)15-13)7-11-6-5-10(3)19-11/h9-11,13H,4-8H2,1-3H3,(H,15,17). The number of rotatable bonds is 4. The Morgan fingerprint density at radius 3 is 2.74 bits per heavy atom. The van der Waals surface area contributed by atoms with Gasteiger partial charge in [0.25, 0.3) is 0 Å². The lowest BCUT2D eigenvalue weighted by Crippen LogP contribution is -2.61. The molecule has 0 aromatic rings. The molecule has 4 atom stereocenters. The molecular weight excluding hydrogens is 244 g/mol. The van der Waals surface area contributed by atoms with Gasteiger partial charge >= 0.3 is 0 Å². The van der Waals surface area contributed by atoms with Gasteiger partial charge in [-0.05, 0) is 25.7 Å². The van der Waals surface area contributed by atoms with Gasteiger partial charge in [0.1, 0.15) is 6.04 Å². The Morgan fingerprint density at radius 2 is 2.16 bits per heavy atom. The van der Waals surface area contributed by atoms with Gasteiger partial charge in [-0.15, -0.1) is 0 Å². The molecule has 2 aliphatic heterocycles. The quantitative estimate of drug-likeness (QED) is 0.825. The zero-order valence-corrected chi connectivity index (χ0v) is 12.0. The summed E-state index contributed by atoms with van der Waals surface area (Å²) in [7, 11) is 0. The van der Waals surface area contributed by atoms with E-state index < -0.39 is 0 Å². The van der Waals surface area contributed by atoms with Crippen molar-refractivity contribution < 1.29 is 14.3 Å². The molecule has 2 aliphatic rings. The molecule has 0 bridgehead atoms. The second-order valence-corrected chi connectivity index (χ2v) is 5.80. The summed E-state index contributed by atoms with van der Waals surface area (Å²) in [4.78, 5) is 25.8. The third-order valence-electron chi connectivity index (χ3n) is 4.19. The highest BCUT2D eigenvalue weighted by Gasteiger charge is 2.37. The molecule has 2 fully saturated rings. The molecule has 0 radical (unpaired) electrons. The topological polar surface area (TPSA) is 58.6 Å². The van der Waals surface area contributed by atoms with Crippen molar-refractivity contribution in [1.29, 1.82) is 0 Å². The lowest BCUT2D eigenvalue weighted by atomic mass is 9.96. The molecule has 5 nitrogen and oxygen atoms in total. The second-order valence-electron chi connectivity index (χ2n) is 5.80. The molecule has 2 rings (SSSR count). The highest BCUT2D eigenvalue weighted by Crippen LogP contribution is 2.21. The van der Waals surface area contributed by atoms with Crippen LogP contribution in [0.3, 0.4) is 0 Å². The molecule has 1 N–H and O–H groups in total. The van der Waals surface area contributed by atoms with Crippen molar-refractivity contribution in [3.63, 3.8) is 0 Å². The van der Waals surface area contributed by atoms with Crippen LogP contribution in [0.1, 0.15) is 40.0 Å². The van der Waals surface area contributed by atoms with Crippen LogP contribution in [0.15, 0.2) is 0 Å². The maximum absolute atomic E-state index is 12.4. The first-order valence-electron chi connectivity index (χ1n) is 7.24. The fourth-order valence-electron chi connectivity index (χ4n) is 2.77. The van der Waals surface area contributed by atoms with Crippen LogP contribution in [0.25, 0.3) is 0 Å². The van der Waals surface area contributed by atoms with Crippen LogP contribution in [0.5, 0.6) is 0 Å². The number of carbonyl (C=O) groups is 2. The van der Waals surface area contributed by atoms with E-state index in [2.05, 4.69) is 5.32 Å². The Kier molecular flexibility index (Phi) is 4.45. The van der Waals surface area contributed by atoms with Crippen LogP contribution in [-0.4, -0.2) is 48.1 Å². The first-order chi connectivity index (χ1) is 9.01. The number of nitrogens with one attached hydrogen (secondary N) is 1. The number of piperazine rings is 1. The second kappa shape index (κ2) is 5.90. The SMILES string of the molecule is CCC(C)C1NC(=O)CN(CC2CCC(C)O2)C1=O. The Balaban J connectivity index is 1.99. The molecule has 19 heavy (non-hydrogen) atoms. The number of nitrogens with zero attached hydrogens (tertiary/aromatic N) is 1. The summed E-state index contributed by atoms with van der Waals surface area (Å²) in [6.07, 6.45) is 3.24. The van der Waals surface area contributed by atoms with Crippen molar-refractivity contribution in [2.75, 3.05) is 13.1 Å². The van der Waals surface area contributed by atoms with Crippen molar-refractivity contribution in [2.45, 2.75) is 58.3 Å². The minimum atomic E-state index is -0.370. The van der Waals surface area contributed by atoms with Crippen molar-refractivity contribution in [2.24, 2.45) is 5.92 Å². The summed E-state index contributed by atoms with van der Waals surface area (Å²) in [5.74, 6) is 0.149. The Morgan fingerprint density at radius 1 is 1.42 bits per heavy atom. The molecule has 2 heterocycles. The Labute approximate surface area is 114 Å². The maximum Gasteiger partial charge on any atom is 0.245 e. The zero-order valence-electron chi connectivity index (χ0n) is 12.0. The molecule has 0 aliphatic carbocycles. The lowest BCUT2D eigenvalue weighted by Gasteiger charge is -2.36. The summed E-state index contributed by atoms with van der Waals surface area (Å²) in [6, 6.07) is -0.370. The predicted molar refractivity (Wildman–Crippen MR) is 71.5 cm³/mol. The minimum absolute atomic E-state index is 0.0390. The summed E-state index contributed by atoms with van der Waals surface area (Å²) >= 11 is 0. The average molecular weight is 268 g/mol. The normalized spacial score (nSPS) is 33.4. The van der Waals surface area contributed by atoms with Gasteiger partial charge in [-0.3, -0.25) is 9.59 Å². The zero-order chi connectivity index (χ0) is 14.0. The van der Waals surface area contributed by atoms with Gasteiger partial charge in [-0.2, -0.15) is 0 Å². The Bertz CT molecular complexity index is 359. The molecule has 0 aromatic carbocycles. The van der Waals surface area contributed by atoms with Gasteiger partial charge in [0.05, 0.1) is 18.8 Å². The minimum Gasteiger partial charge on any atom is -0.373 e. The van der Waals surface area contributed by atoms with Crippen molar-refractivity contribution in [1.82, 2.24) is 10.2 Å². The summed E-state index contributed by atoms with van der Waals surface area (Å²) in [5, 5.41) is 2.81. The number of carbonyl (C=O) groups excluding carboxylic acids is 2. The van der Waals surface area contributed by atoms with Crippen LogP contribution < -0.4 is 5.32 Å². The van der Waals surface area contributed by atoms with E-state index in [-0.39, 0.29) is 42.5 Å². The van der Waals surface area contributed by atoms with E-state index in [1.807, 2.05) is 20.8 Å². The first kappa shape index (κ1) is 14.3. The van der Waals surface area contributed by atoms with E-state index in [1.54, 1.807) is 4.90 Å². The van der Waals surface area contributed by atoms with Crippen molar-refractivity contribution in [3.8, 4) is 0 Å². The number of hydrogen-bond acceptors (Lipinski definition) is 3. The summed E-state index contributed by atoms with van der Waals surface area (Å²) in [5.41, 5.74) is 0. The highest BCUT2D eigenvalue weighted by atomic mass is 16.5. The van der Waals surface area contributed by atoms with E-state index >= 15 is 0 Å². The van der Waals surface area contributed by atoms with E-state index in [9.17, 15) is 9.59 Å². The number of hydrogen-bond donors (Lipinski definition) is 1. The number of ether oxygens (including phenoxy) is 1. The van der Waals surface area contributed by atoms with Crippen LogP contribution in [0.4, 0.5) is 0 Å². The third-order valence-corrected chi connectivity index (χ3v) is 4.19. The van der Waals surface area contributed by atoms with Gasteiger partial charge in [0.2, 0.25) is 11.8 Å². The monoisotopic (exact) mass is 268 g/mol. The summed E-state index contributed by atoms with van der Waals surface area (Å²) in [6.45, 7) is 6.79. The Hall–Kier alpha value is -1.10. The van der Waals surface area contributed by atoms with Gasteiger partial charge < -0.3 is 15.0 Å². The van der Waals surface area contributed by atoms with Crippen LogP contribution in [-0.2, 0) is 14.3 Å². The first-order valence-corrected chi connectivity index (χ1v) is 7.24. The number of amides is 2. The predicted octanol–water partition coefficient (Wildman–Crippen LogP) is 0.927. The van der Waals surface area contributed by atoms with E-state index in [4.69, 9.17) is 4.74 Å². The maximum atomic E-state index is 12.4. The third kappa shape index (κ3) is 3.26. The van der Waals surface area contributed by atoms with Crippen LogP contribution >= 0.6 is 0 Å². The van der Waals surface area contributed by atoms with Crippen LogP contribution in [0, 0.1) is 5.92 Å². The van der Waals surface area contributed by atoms with Crippen molar-refractivity contribution in [3.05, 3.63) is 0 Å².